The second kappa shape index (κ2) is 5.05. The molecule has 3 aromatic rings. The molecule has 114 valence electrons. The molecule has 0 spiro atoms. The predicted molar refractivity (Wildman–Crippen MR) is 88.0 cm³/mol. The van der Waals surface area contributed by atoms with Crippen molar-refractivity contribution < 1.29 is 9.59 Å². The lowest BCUT2D eigenvalue weighted by molar-refractivity contribution is -0.121. The van der Waals surface area contributed by atoms with Crippen molar-refractivity contribution in [1.29, 1.82) is 0 Å². The topological polar surface area (TPSA) is 66.1 Å². The highest BCUT2D eigenvalue weighted by Gasteiger charge is 2.30. The van der Waals surface area contributed by atoms with E-state index in [9.17, 15) is 9.59 Å². The van der Waals surface area contributed by atoms with E-state index in [-0.39, 0.29) is 11.8 Å². The lowest BCUT2D eigenvalue weighted by Gasteiger charge is -2.13. The number of rotatable bonds is 2. The van der Waals surface area contributed by atoms with Crippen LogP contribution in [0.15, 0.2) is 42.5 Å². The molecule has 0 radical (unpaired) electrons. The second-order valence-corrected chi connectivity index (χ2v) is 5.78. The molecule has 2 heterocycles. The Morgan fingerprint density at radius 2 is 1.70 bits per heavy atom. The quantitative estimate of drug-likeness (QED) is 0.739. The fraction of sp³-hybridized carbons (Fsp3) is 0.167. The molecule has 2 amide bonds. The van der Waals surface area contributed by atoms with Crippen LogP contribution in [0.25, 0.3) is 22.4 Å². The number of hydrogen-bond donors (Lipinski definition) is 1. The monoisotopic (exact) mass is 305 g/mol. The molecule has 5 nitrogen and oxygen atoms in total. The van der Waals surface area contributed by atoms with Crippen LogP contribution in [-0.4, -0.2) is 21.8 Å². The van der Waals surface area contributed by atoms with E-state index in [1.807, 2.05) is 31.2 Å². The first-order valence-electron chi connectivity index (χ1n) is 7.54. The summed E-state index contributed by atoms with van der Waals surface area (Å²) in [4.78, 5) is 32.7. The molecule has 4 rings (SSSR count). The minimum absolute atomic E-state index is 0.137. The van der Waals surface area contributed by atoms with E-state index in [0.717, 1.165) is 22.4 Å². The Bertz CT molecular complexity index is 909. The number of aromatic nitrogens is 2. The first kappa shape index (κ1) is 13.7. The zero-order valence-electron chi connectivity index (χ0n) is 12.7. The van der Waals surface area contributed by atoms with E-state index in [0.29, 0.717) is 18.5 Å². The molecule has 1 N–H and O–H groups in total. The number of nitrogens with one attached hydrogen (secondary N) is 1. The molecule has 1 fully saturated rings. The summed E-state index contributed by atoms with van der Waals surface area (Å²) in [6.07, 6.45) is 0.590. The zero-order valence-corrected chi connectivity index (χ0v) is 12.7. The number of anilines is 1. The Hall–Kier alpha value is -2.95. The number of imide groups is 1. The number of imidazole rings is 1. The lowest BCUT2D eigenvalue weighted by atomic mass is 10.2. The minimum Gasteiger partial charge on any atom is -0.338 e. The number of aromatic amines is 1. The van der Waals surface area contributed by atoms with Crippen LogP contribution in [0.2, 0.25) is 0 Å². The number of carbonyl (C=O) groups is 2. The lowest BCUT2D eigenvalue weighted by Crippen LogP contribution is -2.28. The van der Waals surface area contributed by atoms with Gasteiger partial charge in [-0.2, -0.15) is 0 Å². The second-order valence-electron chi connectivity index (χ2n) is 5.78. The normalized spacial score (nSPS) is 14.9. The van der Waals surface area contributed by atoms with Gasteiger partial charge in [0.05, 0.1) is 16.7 Å². The SMILES string of the molecule is Cc1ccc2nc(-c3ccc(N4C(=O)CCC4=O)cc3)[nH]c2c1. The molecule has 2 aromatic carbocycles. The van der Waals surface area contributed by atoms with Crippen LogP contribution < -0.4 is 4.90 Å². The maximum atomic E-state index is 11.8. The minimum atomic E-state index is -0.137. The number of hydrogen-bond acceptors (Lipinski definition) is 3. The fourth-order valence-electron chi connectivity index (χ4n) is 2.89. The van der Waals surface area contributed by atoms with Crippen molar-refractivity contribution in [1.82, 2.24) is 9.97 Å². The molecule has 0 atom stereocenters. The molecule has 0 saturated carbocycles. The summed E-state index contributed by atoms with van der Waals surface area (Å²) in [5.74, 6) is 0.500. The number of carbonyl (C=O) groups excluding carboxylic acids is 2. The first-order valence-corrected chi connectivity index (χ1v) is 7.54. The number of H-pyrrole nitrogens is 1. The Balaban J connectivity index is 1.69. The maximum absolute atomic E-state index is 11.8. The van der Waals surface area contributed by atoms with Gasteiger partial charge in [-0.1, -0.05) is 6.07 Å². The third-order valence-corrected chi connectivity index (χ3v) is 4.09. The van der Waals surface area contributed by atoms with Crippen molar-refractivity contribution in [2.24, 2.45) is 0 Å². The summed E-state index contributed by atoms with van der Waals surface area (Å²) in [6, 6.07) is 13.4. The Morgan fingerprint density at radius 3 is 2.39 bits per heavy atom. The van der Waals surface area contributed by atoms with Gasteiger partial charge >= 0.3 is 0 Å². The largest absolute Gasteiger partial charge is 0.338 e. The molecular weight excluding hydrogens is 290 g/mol. The van der Waals surface area contributed by atoms with Crippen LogP contribution in [0.4, 0.5) is 5.69 Å². The maximum Gasteiger partial charge on any atom is 0.234 e. The number of aryl methyl sites for hydroxylation is 1. The van der Waals surface area contributed by atoms with Crippen LogP contribution in [0, 0.1) is 6.92 Å². The van der Waals surface area contributed by atoms with Gasteiger partial charge in [-0.05, 0) is 48.9 Å². The molecule has 1 aliphatic rings. The van der Waals surface area contributed by atoms with Crippen LogP contribution >= 0.6 is 0 Å². The molecule has 1 aliphatic heterocycles. The third kappa shape index (κ3) is 2.30. The highest BCUT2D eigenvalue weighted by Crippen LogP contribution is 2.26. The average Bonchev–Trinajstić information content (AvgIpc) is 3.10. The Morgan fingerprint density at radius 1 is 1.00 bits per heavy atom. The summed E-state index contributed by atoms with van der Waals surface area (Å²) >= 11 is 0. The molecule has 0 bridgehead atoms. The van der Waals surface area contributed by atoms with Gasteiger partial charge in [0.2, 0.25) is 11.8 Å². The van der Waals surface area contributed by atoms with Gasteiger partial charge in [0.1, 0.15) is 5.82 Å². The molecule has 1 aromatic heterocycles. The van der Waals surface area contributed by atoms with E-state index in [1.54, 1.807) is 12.1 Å². The van der Waals surface area contributed by atoms with E-state index >= 15 is 0 Å². The number of benzene rings is 2. The van der Waals surface area contributed by atoms with Gasteiger partial charge < -0.3 is 4.98 Å². The van der Waals surface area contributed by atoms with Crippen molar-refractivity contribution in [2.75, 3.05) is 4.90 Å². The highest BCUT2D eigenvalue weighted by atomic mass is 16.2. The number of fused-ring (bicyclic) bond motifs is 1. The van der Waals surface area contributed by atoms with Gasteiger partial charge in [-0.25, -0.2) is 4.98 Å². The van der Waals surface area contributed by atoms with Crippen molar-refractivity contribution in [2.45, 2.75) is 19.8 Å². The van der Waals surface area contributed by atoms with Gasteiger partial charge in [0.25, 0.3) is 0 Å². The summed E-state index contributed by atoms with van der Waals surface area (Å²) in [7, 11) is 0. The highest BCUT2D eigenvalue weighted by molar-refractivity contribution is 6.19. The molecule has 5 heteroatoms. The van der Waals surface area contributed by atoms with Gasteiger partial charge in [-0.15, -0.1) is 0 Å². The molecular formula is C18H15N3O2. The van der Waals surface area contributed by atoms with Crippen LogP contribution in [0.3, 0.4) is 0 Å². The molecule has 1 saturated heterocycles. The Kier molecular flexibility index (Phi) is 3.01. The van der Waals surface area contributed by atoms with E-state index in [2.05, 4.69) is 16.0 Å². The van der Waals surface area contributed by atoms with Gasteiger partial charge in [0.15, 0.2) is 0 Å². The summed E-state index contributed by atoms with van der Waals surface area (Å²) in [6.45, 7) is 2.04. The smallest absolute Gasteiger partial charge is 0.234 e. The van der Waals surface area contributed by atoms with Gasteiger partial charge in [-0.3, -0.25) is 14.5 Å². The van der Waals surface area contributed by atoms with Crippen molar-refractivity contribution in [3.63, 3.8) is 0 Å². The standard InChI is InChI=1S/C18H15N3O2/c1-11-2-7-14-15(10-11)20-18(19-14)12-3-5-13(6-4-12)21-16(22)8-9-17(21)23/h2-7,10H,8-9H2,1H3,(H,19,20). The first-order chi connectivity index (χ1) is 11.1. The summed E-state index contributed by atoms with van der Waals surface area (Å²) in [5, 5.41) is 0. The van der Waals surface area contributed by atoms with Gasteiger partial charge in [0, 0.05) is 18.4 Å². The van der Waals surface area contributed by atoms with E-state index in [1.165, 1.54) is 10.5 Å². The predicted octanol–water partition coefficient (Wildman–Crippen LogP) is 3.19. The number of amides is 2. The summed E-state index contributed by atoms with van der Waals surface area (Å²) < 4.78 is 0. The van der Waals surface area contributed by atoms with Crippen LogP contribution in [-0.2, 0) is 9.59 Å². The van der Waals surface area contributed by atoms with Crippen LogP contribution in [0.5, 0.6) is 0 Å². The Labute approximate surface area is 133 Å². The third-order valence-electron chi connectivity index (χ3n) is 4.09. The van der Waals surface area contributed by atoms with E-state index in [4.69, 9.17) is 0 Å². The fourth-order valence-corrected chi connectivity index (χ4v) is 2.89. The molecule has 0 aliphatic carbocycles. The molecule has 0 unspecified atom stereocenters. The zero-order chi connectivity index (χ0) is 16.0. The van der Waals surface area contributed by atoms with Crippen LogP contribution in [0.1, 0.15) is 18.4 Å². The average molecular weight is 305 g/mol. The number of nitrogens with zero attached hydrogens (tertiary/aromatic N) is 2. The van der Waals surface area contributed by atoms with Crippen molar-refractivity contribution >= 4 is 28.5 Å². The summed E-state index contributed by atoms with van der Waals surface area (Å²) in [5.41, 5.74) is 4.62. The van der Waals surface area contributed by atoms with E-state index < -0.39 is 0 Å². The molecule has 23 heavy (non-hydrogen) atoms. The van der Waals surface area contributed by atoms with Crippen molar-refractivity contribution in [3.8, 4) is 11.4 Å². The van der Waals surface area contributed by atoms with Crippen molar-refractivity contribution in [3.05, 3.63) is 48.0 Å².